The number of hydrogen-bond donors (Lipinski definition) is 2. The van der Waals surface area contributed by atoms with Gasteiger partial charge < -0.3 is 10.2 Å². The Labute approximate surface area is 172 Å². The van der Waals surface area contributed by atoms with E-state index in [1.165, 1.54) is 4.90 Å². The Morgan fingerprint density at radius 2 is 1.87 bits per heavy atom. The molecule has 152 valence electrons. The summed E-state index contributed by atoms with van der Waals surface area (Å²) in [7, 11) is 0. The van der Waals surface area contributed by atoms with Crippen LogP contribution in [0.15, 0.2) is 36.5 Å². The SMILES string of the molecule is O=C1CCC(N2Cc3cc(-c4ccnc(NC(=O)C5CC5)c4)ccc3C2=O)C(=O)N1. The van der Waals surface area contributed by atoms with Crippen LogP contribution in [0.2, 0.25) is 0 Å². The number of imide groups is 1. The fraction of sp³-hybridized carbons (Fsp3) is 0.318. The zero-order chi connectivity index (χ0) is 20.8. The zero-order valence-electron chi connectivity index (χ0n) is 16.2. The number of aromatic nitrogens is 1. The Hall–Kier alpha value is -3.55. The summed E-state index contributed by atoms with van der Waals surface area (Å²) in [5, 5.41) is 5.16. The van der Waals surface area contributed by atoms with Crippen molar-refractivity contribution in [3.63, 3.8) is 0 Å². The molecular formula is C22H20N4O4. The van der Waals surface area contributed by atoms with Crippen molar-refractivity contribution >= 4 is 29.4 Å². The molecule has 0 spiro atoms. The topological polar surface area (TPSA) is 108 Å². The van der Waals surface area contributed by atoms with Gasteiger partial charge in [-0.25, -0.2) is 4.98 Å². The Kier molecular flexibility index (Phi) is 4.34. The number of nitrogens with zero attached hydrogens (tertiary/aromatic N) is 2. The molecule has 1 aromatic heterocycles. The summed E-state index contributed by atoms with van der Waals surface area (Å²) in [6.07, 6.45) is 4.06. The molecule has 1 atom stereocenters. The minimum atomic E-state index is -0.629. The third kappa shape index (κ3) is 3.34. The van der Waals surface area contributed by atoms with Gasteiger partial charge in [-0.1, -0.05) is 6.07 Å². The molecule has 1 aliphatic carbocycles. The molecule has 3 heterocycles. The van der Waals surface area contributed by atoms with Gasteiger partial charge in [0.2, 0.25) is 17.7 Å². The number of piperidine rings is 1. The van der Waals surface area contributed by atoms with Crippen LogP contribution in [0.3, 0.4) is 0 Å². The van der Waals surface area contributed by atoms with Gasteiger partial charge in [0.15, 0.2) is 0 Å². The molecule has 0 bridgehead atoms. The monoisotopic (exact) mass is 404 g/mol. The molecule has 1 saturated carbocycles. The highest BCUT2D eigenvalue weighted by molar-refractivity contribution is 6.05. The van der Waals surface area contributed by atoms with Crippen molar-refractivity contribution in [3.05, 3.63) is 47.7 Å². The lowest BCUT2D eigenvalue weighted by Gasteiger charge is -2.29. The van der Waals surface area contributed by atoms with E-state index in [0.717, 1.165) is 29.5 Å². The molecule has 1 unspecified atom stereocenters. The van der Waals surface area contributed by atoms with Crippen LogP contribution in [0, 0.1) is 5.92 Å². The maximum atomic E-state index is 12.8. The third-order valence-electron chi connectivity index (χ3n) is 5.82. The highest BCUT2D eigenvalue weighted by atomic mass is 16.2. The van der Waals surface area contributed by atoms with Crippen LogP contribution in [0.25, 0.3) is 11.1 Å². The summed E-state index contributed by atoms with van der Waals surface area (Å²) in [6.45, 7) is 0.324. The fourth-order valence-corrected chi connectivity index (χ4v) is 4.01. The maximum Gasteiger partial charge on any atom is 0.255 e. The third-order valence-corrected chi connectivity index (χ3v) is 5.82. The summed E-state index contributed by atoms with van der Waals surface area (Å²) in [6, 6.07) is 8.59. The van der Waals surface area contributed by atoms with E-state index in [9.17, 15) is 19.2 Å². The summed E-state index contributed by atoms with van der Waals surface area (Å²) >= 11 is 0. The van der Waals surface area contributed by atoms with Gasteiger partial charge in [-0.05, 0) is 60.2 Å². The second kappa shape index (κ2) is 7.05. The van der Waals surface area contributed by atoms with E-state index < -0.39 is 11.9 Å². The highest BCUT2D eigenvalue weighted by Gasteiger charge is 2.39. The molecule has 2 aromatic rings. The van der Waals surface area contributed by atoms with Gasteiger partial charge >= 0.3 is 0 Å². The Morgan fingerprint density at radius 1 is 1.07 bits per heavy atom. The molecule has 8 nitrogen and oxygen atoms in total. The van der Waals surface area contributed by atoms with Crippen molar-refractivity contribution < 1.29 is 19.2 Å². The molecular weight excluding hydrogens is 384 g/mol. The van der Waals surface area contributed by atoms with E-state index in [-0.39, 0.29) is 30.1 Å². The lowest BCUT2D eigenvalue weighted by atomic mass is 10.0. The number of carbonyl (C=O) groups excluding carboxylic acids is 4. The van der Waals surface area contributed by atoms with Crippen LogP contribution in [-0.4, -0.2) is 39.6 Å². The number of carbonyl (C=O) groups is 4. The number of nitrogens with one attached hydrogen (secondary N) is 2. The predicted octanol–water partition coefficient (Wildman–Crippen LogP) is 1.86. The van der Waals surface area contributed by atoms with Crippen LogP contribution in [0.1, 0.15) is 41.6 Å². The zero-order valence-corrected chi connectivity index (χ0v) is 16.2. The lowest BCUT2D eigenvalue weighted by Crippen LogP contribution is -2.52. The van der Waals surface area contributed by atoms with Crippen molar-refractivity contribution in [2.75, 3.05) is 5.32 Å². The first-order valence-electron chi connectivity index (χ1n) is 10.0. The van der Waals surface area contributed by atoms with Gasteiger partial charge in [-0.3, -0.25) is 24.5 Å². The molecule has 2 fully saturated rings. The minimum Gasteiger partial charge on any atom is -0.322 e. The maximum absolute atomic E-state index is 12.8. The second-order valence-electron chi connectivity index (χ2n) is 7.97. The largest absolute Gasteiger partial charge is 0.322 e. The van der Waals surface area contributed by atoms with Crippen LogP contribution < -0.4 is 10.6 Å². The van der Waals surface area contributed by atoms with E-state index in [1.54, 1.807) is 12.3 Å². The molecule has 8 heteroatoms. The first kappa shape index (κ1) is 18.5. The summed E-state index contributed by atoms with van der Waals surface area (Å²) in [5.41, 5.74) is 3.18. The molecule has 1 saturated heterocycles. The smallest absolute Gasteiger partial charge is 0.255 e. The minimum absolute atomic E-state index is 0.000850. The Morgan fingerprint density at radius 3 is 2.63 bits per heavy atom. The normalized spacial score (nSPS) is 20.7. The van der Waals surface area contributed by atoms with Gasteiger partial charge in [0.25, 0.3) is 5.91 Å². The van der Waals surface area contributed by atoms with E-state index >= 15 is 0 Å². The number of rotatable bonds is 4. The number of anilines is 1. The van der Waals surface area contributed by atoms with Crippen molar-refractivity contribution in [2.24, 2.45) is 5.92 Å². The molecule has 2 N–H and O–H groups in total. The summed E-state index contributed by atoms with van der Waals surface area (Å²) in [5.74, 6) is -0.314. The summed E-state index contributed by atoms with van der Waals surface area (Å²) < 4.78 is 0. The average molecular weight is 404 g/mol. The predicted molar refractivity (Wildman–Crippen MR) is 107 cm³/mol. The Balaban J connectivity index is 1.37. The second-order valence-corrected chi connectivity index (χ2v) is 7.97. The van der Waals surface area contributed by atoms with Crippen LogP contribution in [0.4, 0.5) is 5.82 Å². The van der Waals surface area contributed by atoms with E-state index in [1.807, 2.05) is 24.3 Å². The molecule has 4 amide bonds. The van der Waals surface area contributed by atoms with Crippen molar-refractivity contribution in [1.82, 2.24) is 15.2 Å². The Bertz CT molecular complexity index is 1090. The lowest BCUT2D eigenvalue weighted by molar-refractivity contribution is -0.137. The van der Waals surface area contributed by atoms with Crippen LogP contribution in [-0.2, 0) is 20.9 Å². The highest BCUT2D eigenvalue weighted by Crippen LogP contribution is 2.33. The molecule has 0 radical (unpaired) electrons. The van der Waals surface area contributed by atoms with E-state index in [2.05, 4.69) is 15.6 Å². The van der Waals surface area contributed by atoms with E-state index in [0.29, 0.717) is 24.3 Å². The average Bonchev–Trinajstić information content (AvgIpc) is 3.53. The molecule has 1 aromatic carbocycles. The van der Waals surface area contributed by atoms with Gasteiger partial charge in [0, 0.05) is 30.6 Å². The van der Waals surface area contributed by atoms with Crippen LogP contribution in [0.5, 0.6) is 0 Å². The number of pyridine rings is 1. The first-order chi connectivity index (χ1) is 14.5. The molecule has 3 aliphatic rings. The van der Waals surface area contributed by atoms with Crippen molar-refractivity contribution in [3.8, 4) is 11.1 Å². The number of hydrogen-bond acceptors (Lipinski definition) is 5. The fourth-order valence-electron chi connectivity index (χ4n) is 4.01. The van der Waals surface area contributed by atoms with Gasteiger partial charge in [-0.2, -0.15) is 0 Å². The molecule has 5 rings (SSSR count). The number of fused-ring (bicyclic) bond motifs is 1. The van der Waals surface area contributed by atoms with Gasteiger partial charge in [0.1, 0.15) is 11.9 Å². The van der Waals surface area contributed by atoms with Crippen molar-refractivity contribution in [2.45, 2.75) is 38.3 Å². The van der Waals surface area contributed by atoms with Crippen molar-refractivity contribution in [1.29, 1.82) is 0 Å². The van der Waals surface area contributed by atoms with Gasteiger partial charge in [-0.15, -0.1) is 0 Å². The standard InChI is InChI=1S/C22H20N4O4/c27-19-6-5-17(21(29)25-19)26-11-15-9-13(3-4-16(15)22(26)30)14-7-8-23-18(10-14)24-20(28)12-1-2-12/h3-4,7-10,12,17H,1-2,5-6,11H2,(H,23,24,28)(H,25,27,29). The summed E-state index contributed by atoms with van der Waals surface area (Å²) in [4.78, 5) is 54.2. The number of amides is 4. The molecule has 2 aliphatic heterocycles. The van der Waals surface area contributed by atoms with E-state index in [4.69, 9.17) is 0 Å². The van der Waals surface area contributed by atoms with Crippen LogP contribution >= 0.6 is 0 Å². The quantitative estimate of drug-likeness (QED) is 0.756. The first-order valence-corrected chi connectivity index (χ1v) is 10.0. The van der Waals surface area contributed by atoms with Gasteiger partial charge in [0.05, 0.1) is 0 Å². The molecule has 30 heavy (non-hydrogen) atoms. The number of benzene rings is 1.